The predicted octanol–water partition coefficient (Wildman–Crippen LogP) is 1.44. The van der Waals surface area contributed by atoms with E-state index in [0.717, 1.165) is 23.6 Å². The van der Waals surface area contributed by atoms with Crippen molar-refractivity contribution in [1.82, 2.24) is 9.97 Å². The van der Waals surface area contributed by atoms with Crippen LogP contribution in [0.15, 0.2) is 6.07 Å². The minimum Gasteiger partial charge on any atom is -0.330 e. The maximum atomic E-state index is 5.38. The highest BCUT2D eigenvalue weighted by atomic mass is 35.5. The van der Waals surface area contributed by atoms with E-state index in [1.54, 1.807) is 0 Å². The Morgan fingerprint density at radius 3 is 2.00 bits per heavy atom. The molecule has 13 heavy (non-hydrogen) atoms. The summed E-state index contributed by atoms with van der Waals surface area (Å²) in [5.41, 5.74) is 7.41. The van der Waals surface area contributed by atoms with Crippen molar-refractivity contribution in [3.05, 3.63) is 23.3 Å². The van der Waals surface area contributed by atoms with E-state index in [1.165, 1.54) is 0 Å². The van der Waals surface area contributed by atoms with E-state index >= 15 is 0 Å². The third-order valence-corrected chi connectivity index (χ3v) is 1.40. The molecule has 0 radical (unpaired) electrons. The van der Waals surface area contributed by atoms with Gasteiger partial charge in [0, 0.05) is 17.8 Å². The summed E-state index contributed by atoms with van der Waals surface area (Å²) >= 11 is 0. The van der Waals surface area contributed by atoms with Gasteiger partial charge >= 0.3 is 0 Å². The van der Waals surface area contributed by atoms with Crippen LogP contribution in [0.25, 0.3) is 0 Å². The number of nitrogens with zero attached hydrogens (tertiary/aromatic N) is 2. The average molecular weight is 224 g/mol. The molecule has 0 aliphatic rings. The van der Waals surface area contributed by atoms with Crippen LogP contribution in [0.4, 0.5) is 0 Å². The first-order valence-electron chi connectivity index (χ1n) is 3.73. The first-order valence-corrected chi connectivity index (χ1v) is 3.73. The van der Waals surface area contributed by atoms with E-state index in [0.29, 0.717) is 6.54 Å². The maximum Gasteiger partial charge on any atom is 0.130 e. The molecule has 0 aliphatic heterocycles. The lowest BCUT2D eigenvalue weighted by Gasteiger charge is -2.00. The third kappa shape index (κ3) is 5.03. The largest absolute Gasteiger partial charge is 0.330 e. The van der Waals surface area contributed by atoms with Crippen molar-refractivity contribution in [2.24, 2.45) is 5.73 Å². The molecule has 1 aromatic rings. The van der Waals surface area contributed by atoms with E-state index in [-0.39, 0.29) is 24.8 Å². The normalized spacial score (nSPS) is 8.54. The lowest BCUT2D eigenvalue weighted by Crippen LogP contribution is -2.07. The van der Waals surface area contributed by atoms with E-state index in [4.69, 9.17) is 5.73 Å². The molecule has 0 saturated heterocycles. The molecule has 1 rings (SSSR count). The Kier molecular flexibility index (Phi) is 8.21. The van der Waals surface area contributed by atoms with Crippen molar-refractivity contribution in [2.75, 3.05) is 6.54 Å². The molecule has 1 heterocycles. The fraction of sp³-hybridized carbons (Fsp3) is 0.500. The Morgan fingerprint density at radius 1 is 1.15 bits per heavy atom. The van der Waals surface area contributed by atoms with Gasteiger partial charge in [-0.05, 0) is 26.5 Å². The van der Waals surface area contributed by atoms with Crippen LogP contribution in [0.1, 0.15) is 17.2 Å². The maximum absolute atomic E-state index is 5.38. The Labute approximate surface area is 91.0 Å². The van der Waals surface area contributed by atoms with Gasteiger partial charge < -0.3 is 5.73 Å². The molecule has 1 aromatic heterocycles. The molecule has 0 bridgehead atoms. The second-order valence-electron chi connectivity index (χ2n) is 2.61. The number of aromatic nitrogens is 2. The summed E-state index contributed by atoms with van der Waals surface area (Å²) in [6, 6.07) is 1.96. The van der Waals surface area contributed by atoms with Crippen LogP contribution in [0, 0.1) is 13.8 Å². The molecular weight excluding hydrogens is 209 g/mol. The second kappa shape index (κ2) is 7.06. The first-order chi connectivity index (χ1) is 5.22. The highest BCUT2D eigenvalue weighted by molar-refractivity contribution is 5.85. The zero-order valence-electron chi connectivity index (χ0n) is 7.78. The monoisotopic (exact) mass is 223 g/mol. The molecule has 5 heteroatoms. The van der Waals surface area contributed by atoms with Crippen LogP contribution in [0.3, 0.4) is 0 Å². The second-order valence-corrected chi connectivity index (χ2v) is 2.61. The van der Waals surface area contributed by atoms with E-state index < -0.39 is 0 Å². The number of hydrogen-bond acceptors (Lipinski definition) is 3. The summed E-state index contributed by atoms with van der Waals surface area (Å²) in [5.74, 6) is 0.852. The van der Waals surface area contributed by atoms with Gasteiger partial charge in [0.15, 0.2) is 0 Å². The smallest absolute Gasteiger partial charge is 0.130 e. The van der Waals surface area contributed by atoms with Gasteiger partial charge in [-0.2, -0.15) is 0 Å². The van der Waals surface area contributed by atoms with Crippen LogP contribution in [0.5, 0.6) is 0 Å². The molecule has 76 valence electrons. The van der Waals surface area contributed by atoms with Gasteiger partial charge in [0.2, 0.25) is 0 Å². The quantitative estimate of drug-likeness (QED) is 0.826. The molecule has 0 spiro atoms. The van der Waals surface area contributed by atoms with E-state index in [1.807, 2.05) is 19.9 Å². The van der Waals surface area contributed by atoms with Crippen LogP contribution >= 0.6 is 24.8 Å². The van der Waals surface area contributed by atoms with E-state index in [9.17, 15) is 0 Å². The van der Waals surface area contributed by atoms with Gasteiger partial charge in [0.1, 0.15) is 5.82 Å². The van der Waals surface area contributed by atoms with Gasteiger partial charge in [0.25, 0.3) is 0 Å². The number of rotatable bonds is 2. The van der Waals surface area contributed by atoms with Gasteiger partial charge in [-0.3, -0.25) is 0 Å². The zero-order valence-corrected chi connectivity index (χ0v) is 9.41. The van der Waals surface area contributed by atoms with Crippen molar-refractivity contribution < 1.29 is 0 Å². The summed E-state index contributed by atoms with van der Waals surface area (Å²) in [6.45, 7) is 4.55. The van der Waals surface area contributed by atoms with Crippen molar-refractivity contribution in [3.63, 3.8) is 0 Å². The zero-order chi connectivity index (χ0) is 8.27. The SMILES string of the molecule is Cc1cc(C)nc(CCN)n1.Cl.Cl. The first kappa shape index (κ1) is 15.1. The van der Waals surface area contributed by atoms with Gasteiger partial charge in [-0.25, -0.2) is 9.97 Å². The van der Waals surface area contributed by atoms with E-state index in [2.05, 4.69) is 9.97 Å². The minimum absolute atomic E-state index is 0. The van der Waals surface area contributed by atoms with Crippen LogP contribution in [-0.4, -0.2) is 16.5 Å². The lowest BCUT2D eigenvalue weighted by atomic mass is 10.3. The molecule has 2 N–H and O–H groups in total. The standard InChI is InChI=1S/C8H13N3.2ClH/c1-6-5-7(2)11-8(10-6)3-4-9;;/h5H,3-4,9H2,1-2H3;2*1H. The fourth-order valence-corrected chi connectivity index (χ4v) is 1.04. The molecule has 0 aliphatic carbocycles. The molecule has 3 nitrogen and oxygen atoms in total. The average Bonchev–Trinajstić information content (AvgIpc) is 1.85. The van der Waals surface area contributed by atoms with Gasteiger partial charge in [-0.15, -0.1) is 24.8 Å². The summed E-state index contributed by atoms with van der Waals surface area (Å²) in [5, 5.41) is 0. The summed E-state index contributed by atoms with van der Waals surface area (Å²) < 4.78 is 0. The number of nitrogens with two attached hydrogens (primary N) is 1. The third-order valence-electron chi connectivity index (χ3n) is 1.40. The van der Waals surface area contributed by atoms with Gasteiger partial charge in [-0.1, -0.05) is 0 Å². The lowest BCUT2D eigenvalue weighted by molar-refractivity contribution is 0.843. The molecule has 0 fully saturated rings. The molecule has 0 amide bonds. The highest BCUT2D eigenvalue weighted by Crippen LogP contribution is 1.98. The van der Waals surface area contributed by atoms with Gasteiger partial charge in [0.05, 0.1) is 0 Å². The van der Waals surface area contributed by atoms with Crippen molar-refractivity contribution in [1.29, 1.82) is 0 Å². The Balaban J connectivity index is 0. The van der Waals surface area contributed by atoms with Crippen molar-refractivity contribution >= 4 is 24.8 Å². The predicted molar refractivity (Wildman–Crippen MR) is 58.8 cm³/mol. The van der Waals surface area contributed by atoms with Crippen LogP contribution in [-0.2, 0) is 6.42 Å². The molecule has 0 saturated carbocycles. The topological polar surface area (TPSA) is 51.8 Å². The summed E-state index contributed by atoms with van der Waals surface area (Å²) in [4.78, 5) is 8.47. The number of halogens is 2. The number of aryl methyl sites for hydroxylation is 2. The molecule has 0 atom stereocenters. The van der Waals surface area contributed by atoms with Crippen LogP contribution in [0.2, 0.25) is 0 Å². The Bertz CT molecular complexity index is 233. The fourth-order valence-electron chi connectivity index (χ4n) is 1.04. The Hall–Kier alpha value is -0.380. The summed E-state index contributed by atoms with van der Waals surface area (Å²) in [6.07, 6.45) is 0.766. The Morgan fingerprint density at radius 2 is 1.62 bits per heavy atom. The molecule has 0 unspecified atom stereocenters. The molecular formula is C8H15Cl2N3. The molecule has 0 aromatic carbocycles. The minimum atomic E-state index is 0. The van der Waals surface area contributed by atoms with Crippen LogP contribution < -0.4 is 5.73 Å². The summed E-state index contributed by atoms with van der Waals surface area (Å²) in [7, 11) is 0. The number of hydrogen-bond donors (Lipinski definition) is 1. The van der Waals surface area contributed by atoms with Crippen molar-refractivity contribution in [3.8, 4) is 0 Å². The van der Waals surface area contributed by atoms with Crippen molar-refractivity contribution in [2.45, 2.75) is 20.3 Å². The highest BCUT2D eigenvalue weighted by Gasteiger charge is 1.96.